The Hall–Kier alpha value is -1.88. The fourth-order valence-electron chi connectivity index (χ4n) is 3.87. The molecule has 112 valence electrons. The number of fused-ring (bicyclic) bond motifs is 2. The van der Waals surface area contributed by atoms with Crippen LogP contribution in [0.15, 0.2) is 24.3 Å². The zero-order valence-corrected chi connectivity index (χ0v) is 12.1. The molecule has 2 amide bonds. The molecule has 2 aliphatic rings. The van der Waals surface area contributed by atoms with Gasteiger partial charge in [-0.2, -0.15) is 0 Å². The first kappa shape index (κ1) is 14.1. The quantitative estimate of drug-likeness (QED) is 0.784. The minimum absolute atomic E-state index is 0.0455. The van der Waals surface area contributed by atoms with Crippen molar-refractivity contribution in [3.63, 3.8) is 0 Å². The molecule has 4 unspecified atom stereocenters. The molecule has 4 atom stereocenters. The standard InChI is InChI=1S/C16H21N3O2/c1-18-15(20)11-4-2-3-5-12(11)19-16(21)13-9-6-7-10(8-9)14(13)17/h2-5,9-10,13-14H,6-8,17H2,1H3,(H,18,20)(H,19,21). The number of rotatable bonds is 3. The Kier molecular flexibility index (Phi) is 3.68. The molecule has 0 heterocycles. The van der Waals surface area contributed by atoms with Crippen molar-refractivity contribution in [1.29, 1.82) is 0 Å². The smallest absolute Gasteiger partial charge is 0.253 e. The molecule has 3 rings (SSSR count). The highest BCUT2D eigenvalue weighted by Gasteiger charge is 2.49. The number of hydrogen-bond acceptors (Lipinski definition) is 3. The second kappa shape index (κ2) is 5.48. The van der Waals surface area contributed by atoms with Gasteiger partial charge in [-0.25, -0.2) is 0 Å². The van der Waals surface area contributed by atoms with Gasteiger partial charge in [0.1, 0.15) is 0 Å². The molecule has 5 nitrogen and oxygen atoms in total. The molecular formula is C16H21N3O2. The molecular weight excluding hydrogens is 266 g/mol. The van der Waals surface area contributed by atoms with Crippen LogP contribution in [0.25, 0.3) is 0 Å². The van der Waals surface area contributed by atoms with Gasteiger partial charge in [-0.05, 0) is 43.2 Å². The maximum atomic E-state index is 12.6. The number of nitrogens with two attached hydrogens (primary N) is 1. The Morgan fingerprint density at radius 3 is 2.57 bits per heavy atom. The summed E-state index contributed by atoms with van der Waals surface area (Å²) < 4.78 is 0. The first-order valence-electron chi connectivity index (χ1n) is 7.49. The third-order valence-corrected chi connectivity index (χ3v) is 4.94. The number of hydrogen-bond donors (Lipinski definition) is 3. The van der Waals surface area contributed by atoms with Crippen molar-refractivity contribution in [3.8, 4) is 0 Å². The summed E-state index contributed by atoms with van der Waals surface area (Å²) in [6.45, 7) is 0. The lowest BCUT2D eigenvalue weighted by molar-refractivity contribution is -0.121. The molecule has 0 radical (unpaired) electrons. The maximum absolute atomic E-state index is 12.6. The van der Waals surface area contributed by atoms with E-state index < -0.39 is 0 Å². The van der Waals surface area contributed by atoms with Crippen LogP contribution < -0.4 is 16.4 Å². The van der Waals surface area contributed by atoms with E-state index in [1.54, 1.807) is 25.2 Å². The van der Waals surface area contributed by atoms with Crippen LogP contribution in [0.4, 0.5) is 5.69 Å². The number of benzene rings is 1. The van der Waals surface area contributed by atoms with E-state index in [1.807, 2.05) is 6.07 Å². The number of carbonyl (C=O) groups is 2. The van der Waals surface area contributed by atoms with Gasteiger partial charge in [0.15, 0.2) is 0 Å². The number of carbonyl (C=O) groups excluding carboxylic acids is 2. The summed E-state index contributed by atoms with van der Waals surface area (Å²) in [6, 6.07) is 7.00. The number of para-hydroxylation sites is 1. The summed E-state index contributed by atoms with van der Waals surface area (Å²) in [4.78, 5) is 24.4. The molecule has 5 heteroatoms. The SMILES string of the molecule is CNC(=O)c1ccccc1NC(=O)C1C2CCC(C2)C1N. The Labute approximate surface area is 124 Å². The van der Waals surface area contributed by atoms with Crippen molar-refractivity contribution in [2.24, 2.45) is 23.5 Å². The van der Waals surface area contributed by atoms with Crippen LogP contribution in [0.1, 0.15) is 29.6 Å². The van der Waals surface area contributed by atoms with Gasteiger partial charge in [-0.15, -0.1) is 0 Å². The van der Waals surface area contributed by atoms with Crippen molar-refractivity contribution in [1.82, 2.24) is 5.32 Å². The molecule has 4 N–H and O–H groups in total. The summed E-state index contributed by atoms with van der Waals surface area (Å²) >= 11 is 0. The summed E-state index contributed by atoms with van der Waals surface area (Å²) in [6.07, 6.45) is 3.30. The number of amides is 2. The van der Waals surface area contributed by atoms with Gasteiger partial charge in [-0.1, -0.05) is 12.1 Å². The normalized spacial score (nSPS) is 30.2. The van der Waals surface area contributed by atoms with E-state index in [0.29, 0.717) is 23.1 Å². The summed E-state index contributed by atoms with van der Waals surface area (Å²) in [5, 5.41) is 5.49. The fourth-order valence-corrected chi connectivity index (χ4v) is 3.87. The van der Waals surface area contributed by atoms with Crippen LogP contribution >= 0.6 is 0 Å². The summed E-state index contributed by atoms with van der Waals surface area (Å²) in [5.41, 5.74) is 7.23. The topological polar surface area (TPSA) is 84.2 Å². The van der Waals surface area contributed by atoms with Crippen LogP contribution in [0.2, 0.25) is 0 Å². The van der Waals surface area contributed by atoms with Crippen LogP contribution in [0.3, 0.4) is 0 Å². The van der Waals surface area contributed by atoms with Crippen molar-refractivity contribution < 1.29 is 9.59 Å². The molecule has 1 aromatic rings. The highest BCUT2D eigenvalue weighted by molar-refractivity contribution is 6.04. The van der Waals surface area contributed by atoms with Gasteiger partial charge < -0.3 is 16.4 Å². The Bertz CT molecular complexity index is 570. The van der Waals surface area contributed by atoms with Crippen LogP contribution in [-0.2, 0) is 4.79 Å². The minimum atomic E-state index is -0.205. The van der Waals surface area contributed by atoms with E-state index in [-0.39, 0.29) is 23.8 Å². The Balaban J connectivity index is 1.78. The van der Waals surface area contributed by atoms with Crippen molar-refractivity contribution in [2.75, 3.05) is 12.4 Å². The predicted molar refractivity (Wildman–Crippen MR) is 80.8 cm³/mol. The van der Waals surface area contributed by atoms with E-state index in [4.69, 9.17) is 5.73 Å². The van der Waals surface area contributed by atoms with Crippen molar-refractivity contribution in [3.05, 3.63) is 29.8 Å². The molecule has 1 aromatic carbocycles. The van der Waals surface area contributed by atoms with Gasteiger partial charge in [-0.3, -0.25) is 9.59 Å². The largest absolute Gasteiger partial charge is 0.355 e. The maximum Gasteiger partial charge on any atom is 0.253 e. The molecule has 21 heavy (non-hydrogen) atoms. The van der Waals surface area contributed by atoms with Gasteiger partial charge >= 0.3 is 0 Å². The van der Waals surface area contributed by atoms with Crippen molar-refractivity contribution >= 4 is 17.5 Å². The second-order valence-corrected chi connectivity index (χ2v) is 6.05. The van der Waals surface area contributed by atoms with Gasteiger partial charge in [0, 0.05) is 13.1 Å². The molecule has 2 fully saturated rings. The highest BCUT2D eigenvalue weighted by Crippen LogP contribution is 2.47. The third kappa shape index (κ3) is 2.42. The molecule has 2 bridgehead atoms. The van der Waals surface area contributed by atoms with E-state index in [2.05, 4.69) is 10.6 Å². The van der Waals surface area contributed by atoms with E-state index in [1.165, 1.54) is 0 Å². The van der Waals surface area contributed by atoms with Crippen molar-refractivity contribution in [2.45, 2.75) is 25.3 Å². The second-order valence-electron chi connectivity index (χ2n) is 6.05. The Morgan fingerprint density at radius 1 is 1.19 bits per heavy atom. The van der Waals surface area contributed by atoms with Crippen LogP contribution in [0, 0.1) is 17.8 Å². The number of nitrogens with one attached hydrogen (secondary N) is 2. The average Bonchev–Trinajstić information content (AvgIpc) is 3.07. The summed E-state index contributed by atoms with van der Waals surface area (Å²) in [5.74, 6) is 0.507. The predicted octanol–water partition coefficient (Wildman–Crippen LogP) is 1.36. The van der Waals surface area contributed by atoms with Crippen LogP contribution in [-0.4, -0.2) is 24.9 Å². The molecule has 2 aliphatic carbocycles. The molecule has 0 spiro atoms. The van der Waals surface area contributed by atoms with Gasteiger partial charge in [0.2, 0.25) is 5.91 Å². The summed E-state index contributed by atoms with van der Waals surface area (Å²) in [7, 11) is 1.58. The highest BCUT2D eigenvalue weighted by atomic mass is 16.2. The lowest BCUT2D eigenvalue weighted by atomic mass is 9.84. The third-order valence-electron chi connectivity index (χ3n) is 4.94. The van der Waals surface area contributed by atoms with E-state index >= 15 is 0 Å². The molecule has 0 aliphatic heterocycles. The van der Waals surface area contributed by atoms with Gasteiger partial charge in [0.05, 0.1) is 17.2 Å². The van der Waals surface area contributed by atoms with Gasteiger partial charge in [0.25, 0.3) is 5.91 Å². The lowest BCUT2D eigenvalue weighted by Crippen LogP contribution is -2.42. The van der Waals surface area contributed by atoms with E-state index in [0.717, 1.165) is 19.3 Å². The monoisotopic (exact) mass is 287 g/mol. The van der Waals surface area contributed by atoms with Crippen LogP contribution in [0.5, 0.6) is 0 Å². The first-order chi connectivity index (χ1) is 10.1. The number of anilines is 1. The molecule has 2 saturated carbocycles. The Morgan fingerprint density at radius 2 is 1.90 bits per heavy atom. The first-order valence-corrected chi connectivity index (χ1v) is 7.49. The fraction of sp³-hybridized carbons (Fsp3) is 0.500. The molecule has 0 saturated heterocycles. The van der Waals surface area contributed by atoms with E-state index in [9.17, 15) is 9.59 Å². The average molecular weight is 287 g/mol. The minimum Gasteiger partial charge on any atom is -0.355 e. The zero-order chi connectivity index (χ0) is 15.0. The zero-order valence-electron chi connectivity index (χ0n) is 12.1. The lowest BCUT2D eigenvalue weighted by Gasteiger charge is -2.27. The molecule has 0 aromatic heterocycles.